The van der Waals surface area contributed by atoms with Gasteiger partial charge in [-0.05, 0) is 25.3 Å². The molecule has 0 radical (unpaired) electrons. The van der Waals surface area contributed by atoms with E-state index < -0.39 is 15.8 Å². The quantitative estimate of drug-likeness (QED) is 0.825. The van der Waals surface area contributed by atoms with Gasteiger partial charge in [0, 0.05) is 32.6 Å². The summed E-state index contributed by atoms with van der Waals surface area (Å²) >= 11 is 0. The number of aryl methyl sites for hydroxylation is 1. The predicted octanol–water partition coefficient (Wildman–Crippen LogP) is 1.98. The maximum atomic E-state index is 12.5. The smallest absolute Gasteiger partial charge is 0.239 e. The van der Waals surface area contributed by atoms with Crippen molar-refractivity contribution in [3.05, 3.63) is 35.4 Å². The van der Waals surface area contributed by atoms with Gasteiger partial charge in [-0.25, -0.2) is 12.7 Å². The molecule has 0 bridgehead atoms. The summed E-state index contributed by atoms with van der Waals surface area (Å²) in [6.07, 6.45) is 1.71. The summed E-state index contributed by atoms with van der Waals surface area (Å²) in [7, 11) is -0.597. The van der Waals surface area contributed by atoms with Gasteiger partial charge in [0.15, 0.2) is 0 Å². The molecule has 2 rings (SSSR count). The van der Waals surface area contributed by atoms with E-state index in [-0.39, 0.29) is 17.9 Å². The number of rotatable bonds is 5. The Balaban J connectivity index is 2.16. The maximum Gasteiger partial charge on any atom is 0.239 e. The van der Waals surface area contributed by atoms with Crippen LogP contribution >= 0.6 is 0 Å². The standard InChI is InChI=1S/C17H26N2O3S/c1-5-16-15(14-8-6-13(2)7-9-14)10-11-19(16)17(20)12-23(21,22)18(3)4/h6-9,15-16H,5,10-12H2,1-4H3/t15-,16+/m1/s1. The predicted molar refractivity (Wildman–Crippen MR) is 91.8 cm³/mol. The molecular formula is C17H26N2O3S. The summed E-state index contributed by atoms with van der Waals surface area (Å²) in [5, 5.41) is 0. The van der Waals surface area contributed by atoms with E-state index in [0.717, 1.165) is 17.1 Å². The van der Waals surface area contributed by atoms with Crippen LogP contribution in [0.15, 0.2) is 24.3 Å². The summed E-state index contributed by atoms with van der Waals surface area (Å²) in [6.45, 7) is 4.73. The van der Waals surface area contributed by atoms with Gasteiger partial charge in [0.2, 0.25) is 15.9 Å². The summed E-state index contributed by atoms with van der Waals surface area (Å²) < 4.78 is 25.0. The molecule has 0 aromatic heterocycles. The topological polar surface area (TPSA) is 57.7 Å². The molecule has 1 aliphatic rings. The summed E-state index contributed by atoms with van der Waals surface area (Å²) in [5.74, 6) is -0.455. The third kappa shape index (κ3) is 3.93. The molecule has 128 valence electrons. The first-order valence-corrected chi connectivity index (χ1v) is 9.63. The molecule has 0 N–H and O–H groups in total. The zero-order valence-electron chi connectivity index (χ0n) is 14.3. The van der Waals surface area contributed by atoms with Crippen molar-refractivity contribution in [1.82, 2.24) is 9.21 Å². The minimum atomic E-state index is -3.51. The van der Waals surface area contributed by atoms with E-state index in [4.69, 9.17) is 0 Å². The van der Waals surface area contributed by atoms with Crippen molar-refractivity contribution < 1.29 is 13.2 Å². The van der Waals surface area contributed by atoms with Crippen LogP contribution in [0.5, 0.6) is 0 Å². The van der Waals surface area contributed by atoms with Crippen LogP contribution in [0.25, 0.3) is 0 Å². The highest BCUT2D eigenvalue weighted by atomic mass is 32.2. The number of amides is 1. The van der Waals surface area contributed by atoms with Gasteiger partial charge >= 0.3 is 0 Å². The van der Waals surface area contributed by atoms with Crippen LogP contribution in [0, 0.1) is 6.92 Å². The van der Waals surface area contributed by atoms with Gasteiger partial charge in [-0.2, -0.15) is 0 Å². The Bertz CT molecular complexity index is 653. The Morgan fingerprint density at radius 2 is 1.87 bits per heavy atom. The lowest BCUT2D eigenvalue weighted by atomic mass is 9.90. The lowest BCUT2D eigenvalue weighted by Gasteiger charge is -2.28. The maximum absolute atomic E-state index is 12.5. The van der Waals surface area contributed by atoms with Crippen LogP contribution in [0.4, 0.5) is 0 Å². The first-order valence-electron chi connectivity index (χ1n) is 8.02. The Morgan fingerprint density at radius 1 is 1.26 bits per heavy atom. The highest BCUT2D eigenvalue weighted by Crippen LogP contribution is 2.35. The summed E-state index contributed by atoms with van der Waals surface area (Å²) in [5.41, 5.74) is 2.44. The van der Waals surface area contributed by atoms with E-state index in [1.165, 1.54) is 25.2 Å². The monoisotopic (exact) mass is 338 g/mol. The molecule has 1 aromatic rings. The van der Waals surface area contributed by atoms with Crippen LogP contribution in [-0.2, 0) is 14.8 Å². The van der Waals surface area contributed by atoms with E-state index in [0.29, 0.717) is 6.54 Å². The van der Waals surface area contributed by atoms with Crippen molar-refractivity contribution in [1.29, 1.82) is 0 Å². The van der Waals surface area contributed by atoms with E-state index in [2.05, 4.69) is 38.1 Å². The van der Waals surface area contributed by atoms with Crippen LogP contribution in [0.3, 0.4) is 0 Å². The Kier molecular flexibility index (Phi) is 5.47. The average molecular weight is 338 g/mol. The van der Waals surface area contributed by atoms with Gasteiger partial charge < -0.3 is 4.90 Å². The molecule has 2 atom stereocenters. The Hall–Kier alpha value is -1.40. The third-order valence-electron chi connectivity index (χ3n) is 4.65. The zero-order valence-corrected chi connectivity index (χ0v) is 15.1. The molecule has 1 aliphatic heterocycles. The molecular weight excluding hydrogens is 312 g/mol. The van der Waals surface area contributed by atoms with Crippen molar-refractivity contribution in [2.75, 3.05) is 26.4 Å². The van der Waals surface area contributed by atoms with E-state index in [1.54, 1.807) is 4.90 Å². The van der Waals surface area contributed by atoms with Gasteiger partial charge in [0.1, 0.15) is 5.75 Å². The molecule has 1 amide bonds. The number of nitrogens with zero attached hydrogens (tertiary/aromatic N) is 2. The second-order valence-electron chi connectivity index (χ2n) is 6.41. The normalized spacial score (nSPS) is 21.9. The number of hydrogen-bond donors (Lipinski definition) is 0. The van der Waals surface area contributed by atoms with Crippen molar-refractivity contribution in [2.45, 2.75) is 38.6 Å². The van der Waals surface area contributed by atoms with Gasteiger partial charge in [-0.15, -0.1) is 0 Å². The molecule has 1 saturated heterocycles. The molecule has 1 fully saturated rings. The fourth-order valence-electron chi connectivity index (χ4n) is 3.24. The zero-order chi connectivity index (χ0) is 17.2. The minimum absolute atomic E-state index is 0.0718. The van der Waals surface area contributed by atoms with E-state index in [1.807, 2.05) is 0 Å². The van der Waals surface area contributed by atoms with E-state index >= 15 is 0 Å². The van der Waals surface area contributed by atoms with Crippen molar-refractivity contribution >= 4 is 15.9 Å². The molecule has 0 aliphatic carbocycles. The van der Waals surface area contributed by atoms with Gasteiger partial charge in [-0.3, -0.25) is 4.79 Å². The lowest BCUT2D eigenvalue weighted by molar-refractivity contribution is -0.129. The Morgan fingerprint density at radius 3 is 2.39 bits per heavy atom. The van der Waals surface area contributed by atoms with Gasteiger partial charge in [-0.1, -0.05) is 36.8 Å². The Labute approximate surface area is 139 Å². The van der Waals surface area contributed by atoms with Crippen molar-refractivity contribution in [3.8, 4) is 0 Å². The average Bonchev–Trinajstić information content (AvgIpc) is 2.91. The first-order chi connectivity index (χ1) is 10.8. The van der Waals surface area contributed by atoms with Gasteiger partial charge in [0.05, 0.1) is 0 Å². The summed E-state index contributed by atoms with van der Waals surface area (Å²) in [4.78, 5) is 14.2. The number of sulfonamides is 1. The number of carbonyl (C=O) groups excluding carboxylic acids is 1. The SMILES string of the molecule is CC[C@H]1[C@@H](c2ccc(C)cc2)CCN1C(=O)CS(=O)(=O)N(C)C. The largest absolute Gasteiger partial charge is 0.338 e. The molecule has 6 heteroatoms. The molecule has 1 aromatic carbocycles. The molecule has 0 saturated carbocycles. The van der Waals surface area contributed by atoms with Crippen LogP contribution in [0.1, 0.15) is 36.8 Å². The van der Waals surface area contributed by atoms with Crippen LogP contribution in [0.2, 0.25) is 0 Å². The van der Waals surface area contributed by atoms with Crippen molar-refractivity contribution in [2.24, 2.45) is 0 Å². The molecule has 0 unspecified atom stereocenters. The second-order valence-corrected chi connectivity index (χ2v) is 8.59. The van der Waals surface area contributed by atoms with Gasteiger partial charge in [0.25, 0.3) is 0 Å². The number of carbonyl (C=O) groups is 1. The van der Waals surface area contributed by atoms with Crippen LogP contribution < -0.4 is 0 Å². The van der Waals surface area contributed by atoms with E-state index in [9.17, 15) is 13.2 Å². The third-order valence-corrected chi connectivity index (χ3v) is 6.38. The summed E-state index contributed by atoms with van der Waals surface area (Å²) in [6, 6.07) is 8.48. The molecule has 5 nitrogen and oxygen atoms in total. The second kappa shape index (κ2) is 7.01. The van der Waals surface area contributed by atoms with Crippen LogP contribution in [-0.4, -0.2) is 56.0 Å². The fraction of sp³-hybridized carbons (Fsp3) is 0.588. The van der Waals surface area contributed by atoms with Crippen molar-refractivity contribution in [3.63, 3.8) is 0 Å². The first kappa shape index (κ1) is 17.9. The number of likely N-dealkylation sites (tertiary alicyclic amines) is 1. The molecule has 1 heterocycles. The number of benzene rings is 1. The highest BCUT2D eigenvalue weighted by Gasteiger charge is 2.38. The lowest BCUT2D eigenvalue weighted by Crippen LogP contribution is -2.42. The highest BCUT2D eigenvalue weighted by molar-refractivity contribution is 7.89. The molecule has 23 heavy (non-hydrogen) atoms. The fourth-order valence-corrected chi connectivity index (χ4v) is 3.97. The molecule has 0 spiro atoms. The minimum Gasteiger partial charge on any atom is -0.338 e. The number of hydrogen-bond acceptors (Lipinski definition) is 3.